The summed E-state index contributed by atoms with van der Waals surface area (Å²) in [6, 6.07) is 11.5. The highest BCUT2D eigenvalue weighted by atomic mass is 32.2. The van der Waals surface area contributed by atoms with Crippen LogP contribution >= 0.6 is 11.8 Å². The fourth-order valence-electron chi connectivity index (χ4n) is 3.67. The van der Waals surface area contributed by atoms with Crippen molar-refractivity contribution in [3.05, 3.63) is 65.0 Å². The van der Waals surface area contributed by atoms with E-state index in [9.17, 15) is 9.59 Å². The van der Waals surface area contributed by atoms with Gasteiger partial charge >= 0.3 is 0 Å². The number of hydrogen-bond acceptors (Lipinski definition) is 6. The Hall–Kier alpha value is -3.13. The van der Waals surface area contributed by atoms with Crippen LogP contribution in [0.3, 0.4) is 0 Å². The summed E-state index contributed by atoms with van der Waals surface area (Å²) in [7, 11) is 0. The maximum atomic E-state index is 12.9. The average molecular weight is 437 g/mol. The largest absolute Gasteiger partial charge is 0.461 e. The summed E-state index contributed by atoms with van der Waals surface area (Å²) < 4.78 is 5.39. The van der Waals surface area contributed by atoms with Gasteiger partial charge in [0.15, 0.2) is 11.6 Å². The third kappa shape index (κ3) is 4.80. The number of rotatable bonds is 7. The topological polar surface area (TPSA) is 88.3 Å². The van der Waals surface area contributed by atoms with Crippen molar-refractivity contribution < 1.29 is 14.0 Å². The number of thioether (sulfide) groups is 1. The van der Waals surface area contributed by atoms with Crippen molar-refractivity contribution in [2.75, 3.05) is 12.8 Å². The van der Waals surface area contributed by atoms with Gasteiger partial charge in [0.1, 0.15) is 5.03 Å². The summed E-state index contributed by atoms with van der Waals surface area (Å²) >= 11 is 1.40. The number of aryl methyl sites for hydroxylation is 1. The van der Waals surface area contributed by atoms with Gasteiger partial charge in [-0.1, -0.05) is 24.3 Å². The van der Waals surface area contributed by atoms with Crippen molar-refractivity contribution >= 4 is 23.6 Å². The van der Waals surface area contributed by atoms with E-state index < -0.39 is 0 Å². The second-order valence-electron chi connectivity index (χ2n) is 7.42. The van der Waals surface area contributed by atoms with Gasteiger partial charge in [-0.15, -0.1) is 11.8 Å². The summed E-state index contributed by atoms with van der Waals surface area (Å²) in [4.78, 5) is 35.7. The Balaban J connectivity index is 1.46. The molecule has 31 heavy (non-hydrogen) atoms. The standard InChI is InChI=1S/C23H24N4O3S/c1-15-20(23(31-2)26-21(25-15)18-8-5-11-30-18)22(29)24-13-16-6-3-7-17(12-16)14-27-10-4-9-19(27)28/h3,5-8,11-12H,4,9-10,13-14H2,1-2H3,(H,24,29). The lowest BCUT2D eigenvalue weighted by atomic mass is 10.1. The molecule has 0 atom stereocenters. The van der Waals surface area contributed by atoms with Crippen LogP contribution < -0.4 is 5.32 Å². The lowest BCUT2D eigenvalue weighted by Crippen LogP contribution is -2.26. The quantitative estimate of drug-likeness (QED) is 0.447. The maximum absolute atomic E-state index is 12.9. The first-order valence-electron chi connectivity index (χ1n) is 10.2. The number of hydrogen-bond donors (Lipinski definition) is 1. The van der Waals surface area contributed by atoms with E-state index in [4.69, 9.17) is 4.42 Å². The summed E-state index contributed by atoms with van der Waals surface area (Å²) in [6.07, 6.45) is 5.01. The molecule has 1 fully saturated rings. The summed E-state index contributed by atoms with van der Waals surface area (Å²) in [5, 5.41) is 3.59. The molecule has 0 saturated carbocycles. The van der Waals surface area contributed by atoms with Gasteiger partial charge in [0.25, 0.3) is 5.91 Å². The van der Waals surface area contributed by atoms with E-state index in [1.165, 1.54) is 11.8 Å². The number of likely N-dealkylation sites (tertiary alicyclic amines) is 1. The lowest BCUT2D eigenvalue weighted by Gasteiger charge is -2.16. The Morgan fingerprint density at radius 3 is 2.77 bits per heavy atom. The molecular weight excluding hydrogens is 412 g/mol. The van der Waals surface area contributed by atoms with E-state index in [1.54, 1.807) is 25.3 Å². The van der Waals surface area contributed by atoms with Crippen LogP contribution in [-0.2, 0) is 17.9 Å². The van der Waals surface area contributed by atoms with Crippen molar-refractivity contribution in [2.24, 2.45) is 0 Å². The number of nitrogens with zero attached hydrogens (tertiary/aromatic N) is 3. The molecule has 2 aromatic heterocycles. The number of aromatic nitrogens is 2. The van der Waals surface area contributed by atoms with Crippen LogP contribution in [0.2, 0.25) is 0 Å². The molecule has 1 N–H and O–H groups in total. The normalized spacial score (nSPS) is 13.6. The van der Waals surface area contributed by atoms with Gasteiger partial charge in [0, 0.05) is 26.1 Å². The fraction of sp³-hybridized carbons (Fsp3) is 0.304. The van der Waals surface area contributed by atoms with Crippen LogP contribution in [0.25, 0.3) is 11.6 Å². The van der Waals surface area contributed by atoms with Crippen molar-refractivity contribution in [3.63, 3.8) is 0 Å². The second-order valence-corrected chi connectivity index (χ2v) is 8.21. The van der Waals surface area contributed by atoms with E-state index in [2.05, 4.69) is 15.3 Å². The Kier molecular flexibility index (Phi) is 6.36. The van der Waals surface area contributed by atoms with Gasteiger partial charge in [-0.2, -0.15) is 0 Å². The number of amides is 2. The van der Waals surface area contributed by atoms with Crippen molar-refractivity contribution in [2.45, 2.75) is 37.9 Å². The van der Waals surface area contributed by atoms with E-state index in [-0.39, 0.29) is 11.8 Å². The monoisotopic (exact) mass is 436 g/mol. The van der Waals surface area contributed by atoms with Crippen LogP contribution in [-0.4, -0.2) is 39.5 Å². The predicted octanol–water partition coefficient (Wildman–Crippen LogP) is 3.82. The zero-order valence-electron chi connectivity index (χ0n) is 17.6. The second kappa shape index (κ2) is 9.34. The highest BCUT2D eigenvalue weighted by molar-refractivity contribution is 7.98. The zero-order chi connectivity index (χ0) is 21.8. The number of furan rings is 1. The molecule has 3 aromatic rings. The Labute approximate surface area is 185 Å². The van der Waals surface area contributed by atoms with Gasteiger partial charge < -0.3 is 14.6 Å². The highest BCUT2D eigenvalue weighted by Crippen LogP contribution is 2.25. The minimum absolute atomic E-state index is 0.205. The van der Waals surface area contributed by atoms with Gasteiger partial charge in [0.05, 0.1) is 17.5 Å². The number of carbonyl (C=O) groups is 2. The molecule has 4 rings (SSSR count). The molecule has 0 bridgehead atoms. The van der Waals surface area contributed by atoms with Crippen LogP contribution in [0.1, 0.15) is 40.0 Å². The molecule has 0 radical (unpaired) electrons. The molecule has 0 aliphatic carbocycles. The van der Waals surface area contributed by atoms with Gasteiger partial charge in [0.2, 0.25) is 5.91 Å². The molecule has 0 unspecified atom stereocenters. The molecule has 1 aliphatic heterocycles. The number of nitrogens with one attached hydrogen (secondary N) is 1. The summed E-state index contributed by atoms with van der Waals surface area (Å²) in [5.41, 5.74) is 3.12. The molecule has 3 heterocycles. The average Bonchev–Trinajstić information content (AvgIpc) is 3.44. The first-order chi connectivity index (χ1) is 15.0. The maximum Gasteiger partial charge on any atom is 0.256 e. The molecule has 0 spiro atoms. The smallest absolute Gasteiger partial charge is 0.256 e. The van der Waals surface area contributed by atoms with Crippen molar-refractivity contribution in [3.8, 4) is 11.6 Å². The molecule has 1 saturated heterocycles. The van der Waals surface area contributed by atoms with Crippen LogP contribution in [0, 0.1) is 6.92 Å². The molecular formula is C23H24N4O3S. The van der Waals surface area contributed by atoms with Crippen molar-refractivity contribution in [1.82, 2.24) is 20.2 Å². The number of benzene rings is 1. The SMILES string of the molecule is CSc1nc(-c2ccco2)nc(C)c1C(=O)NCc1cccc(CN2CCCC2=O)c1. The Bertz CT molecular complexity index is 1100. The van der Waals surface area contributed by atoms with E-state index in [0.717, 1.165) is 24.1 Å². The first kappa shape index (κ1) is 21.1. The lowest BCUT2D eigenvalue weighted by molar-refractivity contribution is -0.128. The summed E-state index contributed by atoms with van der Waals surface area (Å²) in [6.45, 7) is 3.60. The van der Waals surface area contributed by atoms with E-state index in [0.29, 0.717) is 47.4 Å². The Morgan fingerprint density at radius 1 is 1.23 bits per heavy atom. The molecule has 1 aliphatic rings. The van der Waals surface area contributed by atoms with Gasteiger partial charge in [-0.3, -0.25) is 9.59 Å². The highest BCUT2D eigenvalue weighted by Gasteiger charge is 2.21. The van der Waals surface area contributed by atoms with Crippen LogP contribution in [0.4, 0.5) is 0 Å². The van der Waals surface area contributed by atoms with E-state index >= 15 is 0 Å². The number of carbonyl (C=O) groups excluding carboxylic acids is 2. The molecule has 2 amide bonds. The van der Waals surface area contributed by atoms with E-state index in [1.807, 2.05) is 35.4 Å². The third-order valence-corrected chi connectivity index (χ3v) is 5.89. The van der Waals surface area contributed by atoms with Gasteiger partial charge in [-0.05, 0) is 42.9 Å². The van der Waals surface area contributed by atoms with Crippen molar-refractivity contribution in [1.29, 1.82) is 0 Å². The van der Waals surface area contributed by atoms with Gasteiger partial charge in [-0.25, -0.2) is 9.97 Å². The first-order valence-corrected chi connectivity index (χ1v) is 11.4. The zero-order valence-corrected chi connectivity index (χ0v) is 18.4. The van der Waals surface area contributed by atoms with Crippen LogP contribution in [0.15, 0.2) is 52.1 Å². The Morgan fingerprint density at radius 2 is 2.06 bits per heavy atom. The minimum Gasteiger partial charge on any atom is -0.461 e. The third-order valence-electron chi connectivity index (χ3n) is 5.21. The molecule has 1 aromatic carbocycles. The van der Waals surface area contributed by atoms with Crippen LogP contribution in [0.5, 0.6) is 0 Å². The molecule has 160 valence electrons. The molecule has 8 heteroatoms. The predicted molar refractivity (Wildman–Crippen MR) is 119 cm³/mol. The fourth-order valence-corrected chi connectivity index (χ4v) is 4.29. The minimum atomic E-state index is -0.215. The molecule has 7 nitrogen and oxygen atoms in total. The summed E-state index contributed by atoms with van der Waals surface area (Å²) in [5.74, 6) is 1.02.